The van der Waals surface area contributed by atoms with Gasteiger partial charge in [-0.15, -0.1) is 24.0 Å². The molecule has 0 spiro atoms. The van der Waals surface area contributed by atoms with Crippen LogP contribution < -0.4 is 25.0 Å². The van der Waals surface area contributed by atoms with E-state index in [4.69, 9.17) is 19.6 Å². The largest absolute Gasteiger partial charge is 0.493 e. The third kappa shape index (κ3) is 8.22. The average molecular weight is 569 g/mol. The Kier molecular flexibility index (Phi) is 11.5. The molecule has 1 saturated heterocycles. The smallest absolute Gasteiger partial charge is 0.191 e. The number of guanidine groups is 1. The lowest BCUT2D eigenvalue weighted by Gasteiger charge is -2.34. The number of aliphatic hydroxyl groups is 1. The van der Waals surface area contributed by atoms with Crippen molar-refractivity contribution in [3.05, 3.63) is 47.7 Å². The van der Waals surface area contributed by atoms with Crippen LogP contribution in [0.2, 0.25) is 0 Å². The van der Waals surface area contributed by atoms with E-state index in [0.717, 1.165) is 55.5 Å². The highest BCUT2D eigenvalue weighted by atomic mass is 127. The summed E-state index contributed by atoms with van der Waals surface area (Å²) in [6, 6.07) is 12.3. The van der Waals surface area contributed by atoms with E-state index >= 15 is 0 Å². The van der Waals surface area contributed by atoms with Gasteiger partial charge in [0.2, 0.25) is 0 Å². The maximum absolute atomic E-state index is 8.96. The predicted octanol–water partition coefficient (Wildman–Crippen LogP) is 3.11. The first-order valence-corrected chi connectivity index (χ1v) is 11.3. The molecule has 8 nitrogen and oxygen atoms in total. The maximum Gasteiger partial charge on any atom is 0.191 e. The number of piperidine rings is 1. The van der Waals surface area contributed by atoms with Crippen molar-refractivity contribution in [3.8, 4) is 11.5 Å². The van der Waals surface area contributed by atoms with Crippen LogP contribution in [-0.4, -0.2) is 62.0 Å². The van der Waals surface area contributed by atoms with Crippen molar-refractivity contribution < 1.29 is 14.6 Å². The number of aryl methyl sites for hydroxylation is 1. The van der Waals surface area contributed by atoms with Crippen LogP contribution in [0.15, 0.2) is 41.4 Å². The Hall–Kier alpha value is -2.27. The van der Waals surface area contributed by atoms with Gasteiger partial charge >= 0.3 is 0 Å². The molecule has 0 unspecified atom stereocenters. The highest BCUT2D eigenvalue weighted by Gasteiger charge is 2.21. The molecule has 0 amide bonds. The van der Waals surface area contributed by atoms with Gasteiger partial charge in [0, 0.05) is 31.4 Å². The Morgan fingerprint density at radius 2 is 2.00 bits per heavy atom. The number of ether oxygens (including phenoxy) is 2. The first-order valence-electron chi connectivity index (χ1n) is 11.3. The molecule has 182 valence electrons. The molecule has 3 N–H and O–H groups in total. The Morgan fingerprint density at radius 3 is 2.67 bits per heavy atom. The molecule has 9 heteroatoms. The zero-order valence-electron chi connectivity index (χ0n) is 19.7. The second-order valence-electron chi connectivity index (χ2n) is 7.80. The van der Waals surface area contributed by atoms with Crippen LogP contribution in [0.4, 0.5) is 5.82 Å². The van der Waals surface area contributed by atoms with E-state index in [9.17, 15) is 0 Å². The van der Waals surface area contributed by atoms with Gasteiger partial charge in [0.05, 0.1) is 20.3 Å². The normalized spacial score (nSPS) is 14.4. The Labute approximate surface area is 213 Å². The molecule has 0 atom stereocenters. The van der Waals surface area contributed by atoms with E-state index in [1.165, 1.54) is 0 Å². The number of hydrogen-bond acceptors (Lipinski definition) is 6. The molecule has 0 aliphatic carbocycles. The lowest BCUT2D eigenvalue weighted by atomic mass is 10.1. The number of nitrogens with zero attached hydrogens (tertiary/aromatic N) is 3. The van der Waals surface area contributed by atoms with Gasteiger partial charge in [-0.25, -0.2) is 9.98 Å². The van der Waals surface area contributed by atoms with Crippen molar-refractivity contribution in [2.45, 2.75) is 39.3 Å². The summed E-state index contributed by atoms with van der Waals surface area (Å²) < 4.78 is 10.9. The fraction of sp³-hybridized carbons (Fsp3) is 0.500. The van der Waals surface area contributed by atoms with Crippen molar-refractivity contribution >= 4 is 35.8 Å². The van der Waals surface area contributed by atoms with Gasteiger partial charge in [-0.1, -0.05) is 12.1 Å². The number of aromatic nitrogens is 1. The first kappa shape index (κ1) is 27.0. The fourth-order valence-electron chi connectivity index (χ4n) is 3.73. The Balaban J connectivity index is 0.00000385. The molecule has 1 aromatic carbocycles. The summed E-state index contributed by atoms with van der Waals surface area (Å²) in [6.45, 7) is 7.57. The average Bonchev–Trinajstić information content (AvgIpc) is 2.82. The van der Waals surface area contributed by atoms with Crippen LogP contribution in [0.3, 0.4) is 0 Å². The molecule has 2 aromatic rings. The topological polar surface area (TPSA) is 91.2 Å². The molecule has 2 heterocycles. The highest BCUT2D eigenvalue weighted by molar-refractivity contribution is 14.0. The molecule has 1 aromatic heterocycles. The third-order valence-corrected chi connectivity index (χ3v) is 5.37. The maximum atomic E-state index is 8.96. The minimum Gasteiger partial charge on any atom is -0.493 e. The summed E-state index contributed by atoms with van der Waals surface area (Å²) >= 11 is 0. The lowest BCUT2D eigenvalue weighted by Crippen LogP contribution is -2.48. The summed E-state index contributed by atoms with van der Waals surface area (Å²) in [5.41, 5.74) is 2.07. The molecular formula is C24H36IN5O3. The monoisotopic (exact) mass is 569 g/mol. The van der Waals surface area contributed by atoms with E-state index < -0.39 is 0 Å². The summed E-state index contributed by atoms with van der Waals surface area (Å²) in [4.78, 5) is 11.8. The zero-order chi connectivity index (χ0) is 22.8. The first-order chi connectivity index (χ1) is 15.6. The summed E-state index contributed by atoms with van der Waals surface area (Å²) in [5, 5.41) is 15.9. The molecular weight excluding hydrogens is 533 g/mol. The van der Waals surface area contributed by atoms with E-state index in [2.05, 4.69) is 39.6 Å². The molecule has 3 rings (SSSR count). The zero-order valence-corrected chi connectivity index (χ0v) is 22.0. The minimum absolute atomic E-state index is 0. The van der Waals surface area contributed by atoms with Crippen molar-refractivity contribution in [2.24, 2.45) is 4.99 Å². The summed E-state index contributed by atoms with van der Waals surface area (Å²) in [5.74, 6) is 3.14. The van der Waals surface area contributed by atoms with Gasteiger partial charge in [-0.2, -0.15) is 0 Å². The van der Waals surface area contributed by atoms with Gasteiger partial charge < -0.3 is 30.1 Å². The van der Waals surface area contributed by atoms with E-state index in [1.54, 1.807) is 7.11 Å². The molecule has 33 heavy (non-hydrogen) atoms. The number of nitrogens with one attached hydrogen (secondary N) is 2. The number of aliphatic hydroxyl groups excluding tert-OH is 1. The van der Waals surface area contributed by atoms with Crippen LogP contribution in [0, 0.1) is 6.92 Å². The molecule has 0 bridgehead atoms. The quantitative estimate of drug-likeness (QED) is 0.243. The lowest BCUT2D eigenvalue weighted by molar-refractivity contribution is 0.196. The van der Waals surface area contributed by atoms with Crippen molar-refractivity contribution in [1.82, 2.24) is 15.6 Å². The van der Waals surface area contributed by atoms with Crippen LogP contribution in [0.25, 0.3) is 0 Å². The fourth-order valence-corrected chi connectivity index (χ4v) is 3.73. The number of pyridine rings is 1. The SMILES string of the molecule is CCNC(=NCc1ccc(OCCO)c(OC)c1)NC1CCN(c2cccc(C)n2)CC1.I. The second kappa shape index (κ2) is 14.1. The van der Waals surface area contributed by atoms with E-state index in [1.807, 2.05) is 31.2 Å². The number of aliphatic imine (C=N–C) groups is 1. The van der Waals surface area contributed by atoms with Gasteiger partial charge in [-0.05, 0) is 56.5 Å². The number of halogens is 1. The Morgan fingerprint density at radius 1 is 1.21 bits per heavy atom. The summed E-state index contributed by atoms with van der Waals surface area (Å²) in [7, 11) is 1.61. The van der Waals surface area contributed by atoms with Gasteiger partial charge in [0.25, 0.3) is 0 Å². The van der Waals surface area contributed by atoms with Crippen LogP contribution in [-0.2, 0) is 6.54 Å². The third-order valence-electron chi connectivity index (χ3n) is 5.37. The summed E-state index contributed by atoms with van der Waals surface area (Å²) in [6.07, 6.45) is 2.06. The molecule has 0 radical (unpaired) electrons. The van der Waals surface area contributed by atoms with Crippen molar-refractivity contribution in [1.29, 1.82) is 0 Å². The molecule has 1 fully saturated rings. The van der Waals surface area contributed by atoms with Gasteiger partial charge in [0.15, 0.2) is 17.5 Å². The van der Waals surface area contributed by atoms with Crippen molar-refractivity contribution in [3.63, 3.8) is 0 Å². The van der Waals surface area contributed by atoms with E-state index in [0.29, 0.717) is 24.1 Å². The van der Waals surface area contributed by atoms with Crippen LogP contribution in [0.5, 0.6) is 11.5 Å². The van der Waals surface area contributed by atoms with Crippen LogP contribution >= 0.6 is 24.0 Å². The minimum atomic E-state index is -0.0344. The standard InChI is InChI=1S/C24H35N5O3.HI/c1-4-25-24(26-17-19-8-9-21(32-15-14-30)22(16-19)31-3)28-20-10-12-29(13-11-20)23-7-5-6-18(2)27-23;/h5-9,16,20,30H,4,10-15,17H2,1-3H3,(H2,25,26,28);1H. The number of benzene rings is 1. The molecule has 1 aliphatic rings. The highest BCUT2D eigenvalue weighted by Crippen LogP contribution is 2.28. The number of anilines is 1. The van der Waals surface area contributed by atoms with E-state index in [-0.39, 0.29) is 37.2 Å². The van der Waals surface area contributed by atoms with Crippen molar-refractivity contribution in [2.75, 3.05) is 44.9 Å². The van der Waals surface area contributed by atoms with Gasteiger partial charge in [-0.3, -0.25) is 0 Å². The number of methoxy groups -OCH3 is 1. The van der Waals surface area contributed by atoms with Crippen LogP contribution in [0.1, 0.15) is 31.0 Å². The number of rotatable bonds is 9. The molecule has 0 saturated carbocycles. The predicted molar refractivity (Wildman–Crippen MR) is 143 cm³/mol. The molecule has 1 aliphatic heterocycles. The number of hydrogen-bond donors (Lipinski definition) is 3. The Bertz CT molecular complexity index is 888. The second-order valence-corrected chi connectivity index (χ2v) is 7.80. The van der Waals surface area contributed by atoms with Gasteiger partial charge in [0.1, 0.15) is 12.4 Å².